The van der Waals surface area contributed by atoms with Crippen LogP contribution in [0.15, 0.2) is 35.7 Å². The van der Waals surface area contributed by atoms with Crippen molar-refractivity contribution in [1.82, 2.24) is 14.7 Å². The van der Waals surface area contributed by atoms with E-state index in [1.165, 1.54) is 9.78 Å². The minimum Gasteiger partial charge on any atom is -0.385 e. The summed E-state index contributed by atoms with van der Waals surface area (Å²) in [6, 6.07) is 9.42. The Morgan fingerprint density at radius 3 is 2.63 bits per heavy atom. The molecule has 0 saturated heterocycles. The van der Waals surface area contributed by atoms with E-state index in [4.69, 9.17) is 16.3 Å². The van der Waals surface area contributed by atoms with Crippen LogP contribution in [-0.4, -0.2) is 74.1 Å². The maximum absolute atomic E-state index is 13.4. The van der Waals surface area contributed by atoms with E-state index in [-0.39, 0.29) is 24.5 Å². The van der Waals surface area contributed by atoms with Crippen LogP contribution in [0.4, 0.5) is 4.79 Å². The highest BCUT2D eigenvalue weighted by atomic mass is 35.5. The molecule has 1 atom stereocenters. The second-order valence-electron chi connectivity index (χ2n) is 7.54. The van der Waals surface area contributed by atoms with E-state index in [0.29, 0.717) is 31.1 Å². The fourth-order valence-corrected chi connectivity index (χ4v) is 4.80. The normalized spacial score (nSPS) is 15.6. The largest absolute Gasteiger partial charge is 0.385 e. The molecule has 0 bridgehead atoms. The van der Waals surface area contributed by atoms with Crippen LogP contribution >= 0.6 is 22.9 Å². The van der Waals surface area contributed by atoms with E-state index in [1.54, 1.807) is 37.4 Å². The van der Waals surface area contributed by atoms with E-state index in [9.17, 15) is 9.59 Å². The smallest absolute Gasteiger partial charge is 0.319 e. The average molecular weight is 450 g/mol. The van der Waals surface area contributed by atoms with Crippen molar-refractivity contribution >= 4 is 34.9 Å². The van der Waals surface area contributed by atoms with Crippen LogP contribution in [0.3, 0.4) is 0 Å². The fraction of sp³-hybridized carbons (Fsp3) is 0.455. The topological polar surface area (TPSA) is 53.1 Å². The van der Waals surface area contributed by atoms with Gasteiger partial charge in [-0.1, -0.05) is 23.7 Å². The number of hydrogen-bond donors (Lipinski definition) is 0. The molecule has 8 heteroatoms. The molecule has 1 aliphatic rings. The Labute approximate surface area is 187 Å². The van der Waals surface area contributed by atoms with Gasteiger partial charge in [0.1, 0.15) is 6.54 Å². The monoisotopic (exact) mass is 449 g/mol. The van der Waals surface area contributed by atoms with Crippen LogP contribution in [0.1, 0.15) is 28.5 Å². The van der Waals surface area contributed by atoms with Gasteiger partial charge in [0, 0.05) is 50.8 Å². The molecule has 0 fully saturated rings. The highest BCUT2D eigenvalue weighted by Crippen LogP contribution is 2.38. The summed E-state index contributed by atoms with van der Waals surface area (Å²) in [4.78, 5) is 32.3. The predicted molar refractivity (Wildman–Crippen MR) is 120 cm³/mol. The third-order valence-electron chi connectivity index (χ3n) is 5.23. The number of rotatable bonds is 7. The molecule has 0 saturated carbocycles. The predicted octanol–water partition coefficient (Wildman–Crippen LogP) is 3.90. The van der Waals surface area contributed by atoms with Gasteiger partial charge in [-0.25, -0.2) is 4.79 Å². The molecule has 162 valence electrons. The van der Waals surface area contributed by atoms with Gasteiger partial charge < -0.3 is 19.4 Å². The molecule has 0 spiro atoms. The van der Waals surface area contributed by atoms with Gasteiger partial charge in [-0.3, -0.25) is 4.79 Å². The van der Waals surface area contributed by atoms with E-state index in [1.807, 2.05) is 29.2 Å². The van der Waals surface area contributed by atoms with Crippen LogP contribution < -0.4 is 0 Å². The van der Waals surface area contributed by atoms with Crippen molar-refractivity contribution in [2.45, 2.75) is 18.9 Å². The van der Waals surface area contributed by atoms with E-state index in [2.05, 4.69) is 11.4 Å². The number of ether oxygens (including phenoxy) is 1. The third-order valence-corrected chi connectivity index (χ3v) is 6.48. The quantitative estimate of drug-likeness (QED) is 0.602. The Morgan fingerprint density at radius 2 is 1.97 bits per heavy atom. The summed E-state index contributed by atoms with van der Waals surface area (Å²) in [6.45, 7) is 1.69. The molecule has 3 rings (SSSR count). The van der Waals surface area contributed by atoms with E-state index >= 15 is 0 Å². The zero-order chi connectivity index (χ0) is 21.7. The first-order valence-corrected chi connectivity index (χ1v) is 11.2. The first kappa shape index (κ1) is 22.6. The number of hydrogen-bond acceptors (Lipinski definition) is 4. The lowest BCUT2D eigenvalue weighted by molar-refractivity contribution is -0.134. The molecule has 0 radical (unpaired) electrons. The number of carbonyl (C=O) groups is 2. The number of halogens is 1. The second-order valence-corrected chi connectivity index (χ2v) is 8.97. The lowest BCUT2D eigenvalue weighted by Gasteiger charge is -2.38. The minimum atomic E-state index is -0.171. The van der Waals surface area contributed by atoms with Gasteiger partial charge >= 0.3 is 6.03 Å². The van der Waals surface area contributed by atoms with Crippen molar-refractivity contribution in [2.75, 3.05) is 47.4 Å². The summed E-state index contributed by atoms with van der Waals surface area (Å²) >= 11 is 7.81. The first-order valence-electron chi connectivity index (χ1n) is 9.98. The van der Waals surface area contributed by atoms with E-state index < -0.39 is 0 Å². The molecule has 1 aromatic heterocycles. The van der Waals surface area contributed by atoms with Gasteiger partial charge in [0.05, 0.1) is 6.04 Å². The maximum Gasteiger partial charge on any atom is 0.319 e. The van der Waals surface area contributed by atoms with Gasteiger partial charge in [-0.05, 0) is 47.5 Å². The maximum atomic E-state index is 13.4. The summed E-state index contributed by atoms with van der Waals surface area (Å²) in [7, 11) is 5.03. The fourth-order valence-electron chi connectivity index (χ4n) is 3.77. The Morgan fingerprint density at radius 1 is 1.23 bits per heavy atom. The summed E-state index contributed by atoms with van der Waals surface area (Å²) in [5.41, 5.74) is 2.18. The Bertz CT molecular complexity index is 869. The lowest BCUT2D eigenvalue weighted by atomic mass is 9.93. The SMILES string of the molecule is COCCCN(CC(=O)N1CCc2sccc2C1c1ccc(Cl)cc1)C(=O)N(C)C. The number of urea groups is 1. The standard InChI is InChI=1S/C22H28ClN3O3S/c1-24(2)22(28)25(11-4-13-29-3)15-20(27)26-12-9-19-18(10-14-30-19)21(26)16-5-7-17(23)8-6-16/h5-8,10,14,21H,4,9,11-13,15H2,1-3H3. The number of carbonyl (C=O) groups excluding carboxylic acids is 2. The number of fused-ring (bicyclic) bond motifs is 1. The van der Waals surface area contributed by atoms with Crippen LogP contribution in [0.5, 0.6) is 0 Å². The van der Waals surface area contributed by atoms with Crippen LogP contribution in [0.2, 0.25) is 5.02 Å². The number of methoxy groups -OCH3 is 1. The van der Waals surface area contributed by atoms with E-state index in [0.717, 1.165) is 17.5 Å². The zero-order valence-corrected chi connectivity index (χ0v) is 19.2. The van der Waals surface area contributed by atoms with Crippen LogP contribution in [0.25, 0.3) is 0 Å². The van der Waals surface area contributed by atoms with Gasteiger partial charge in [0.2, 0.25) is 5.91 Å². The molecule has 0 aliphatic carbocycles. The first-order chi connectivity index (χ1) is 14.4. The molecule has 30 heavy (non-hydrogen) atoms. The van der Waals surface area contributed by atoms with Gasteiger partial charge in [0.25, 0.3) is 0 Å². The Balaban J connectivity index is 1.84. The average Bonchev–Trinajstić information content (AvgIpc) is 3.21. The molecule has 1 aromatic carbocycles. The molecule has 0 N–H and O–H groups in total. The summed E-state index contributed by atoms with van der Waals surface area (Å²) in [5, 5.41) is 2.74. The summed E-state index contributed by atoms with van der Waals surface area (Å²) in [6.07, 6.45) is 1.51. The molecule has 1 unspecified atom stereocenters. The summed E-state index contributed by atoms with van der Waals surface area (Å²) in [5.74, 6) is -0.0561. The Hall–Kier alpha value is -2.09. The third kappa shape index (κ3) is 5.14. The van der Waals surface area contributed by atoms with Crippen molar-refractivity contribution in [3.63, 3.8) is 0 Å². The highest BCUT2D eigenvalue weighted by Gasteiger charge is 2.34. The van der Waals surface area contributed by atoms with Crippen molar-refractivity contribution in [3.05, 3.63) is 56.7 Å². The number of nitrogens with zero attached hydrogens (tertiary/aromatic N) is 3. The van der Waals surface area contributed by atoms with Crippen molar-refractivity contribution in [3.8, 4) is 0 Å². The van der Waals surface area contributed by atoms with Crippen LogP contribution in [-0.2, 0) is 16.0 Å². The lowest BCUT2D eigenvalue weighted by Crippen LogP contribution is -2.49. The summed E-state index contributed by atoms with van der Waals surface area (Å²) < 4.78 is 5.11. The number of amides is 3. The molecule has 3 amide bonds. The zero-order valence-electron chi connectivity index (χ0n) is 17.6. The molecule has 1 aliphatic heterocycles. The van der Waals surface area contributed by atoms with Crippen molar-refractivity contribution in [1.29, 1.82) is 0 Å². The van der Waals surface area contributed by atoms with Crippen molar-refractivity contribution < 1.29 is 14.3 Å². The molecular weight excluding hydrogens is 422 g/mol. The Kier molecular flexibility index (Phi) is 7.75. The number of benzene rings is 1. The molecule has 6 nitrogen and oxygen atoms in total. The molecule has 2 heterocycles. The minimum absolute atomic E-state index is 0.0459. The van der Waals surface area contributed by atoms with Gasteiger partial charge in [-0.15, -0.1) is 11.3 Å². The van der Waals surface area contributed by atoms with Crippen LogP contribution in [0, 0.1) is 0 Å². The highest BCUT2D eigenvalue weighted by molar-refractivity contribution is 7.10. The second kappa shape index (κ2) is 10.3. The number of thiophene rings is 1. The van der Waals surface area contributed by atoms with Gasteiger partial charge in [0.15, 0.2) is 0 Å². The van der Waals surface area contributed by atoms with Crippen molar-refractivity contribution in [2.24, 2.45) is 0 Å². The van der Waals surface area contributed by atoms with Gasteiger partial charge in [-0.2, -0.15) is 0 Å². The molecule has 2 aromatic rings. The molecular formula is C22H28ClN3O3S.